The van der Waals surface area contributed by atoms with Gasteiger partial charge in [-0.15, -0.1) is 0 Å². The van der Waals surface area contributed by atoms with Crippen molar-refractivity contribution in [2.45, 2.75) is 58.0 Å². The van der Waals surface area contributed by atoms with Gasteiger partial charge in [0.05, 0.1) is 31.2 Å². The number of benzene rings is 1. The van der Waals surface area contributed by atoms with Gasteiger partial charge in [0.15, 0.2) is 11.5 Å². The lowest BCUT2D eigenvalue weighted by Crippen LogP contribution is -2.35. The highest BCUT2D eigenvalue weighted by Crippen LogP contribution is 2.69. The van der Waals surface area contributed by atoms with E-state index in [-0.39, 0.29) is 23.2 Å². The van der Waals surface area contributed by atoms with Gasteiger partial charge in [0.2, 0.25) is 0 Å². The maximum absolute atomic E-state index is 6.55. The van der Waals surface area contributed by atoms with Crippen LogP contribution in [0.25, 0.3) is 11.2 Å². The molecule has 2 aliphatic rings. The SMILES string of the molecule is CC(C)(C)O[C@H]1C[C@H](n2cnc3c(N)ncnc32)C2CC21COCc1ccccc1. The van der Waals surface area contributed by atoms with Crippen molar-refractivity contribution in [3.63, 3.8) is 0 Å². The van der Waals surface area contributed by atoms with Crippen LogP contribution in [0.1, 0.15) is 45.2 Å². The number of nitrogens with zero attached hydrogens (tertiary/aromatic N) is 4. The van der Waals surface area contributed by atoms with Crippen LogP contribution >= 0.6 is 0 Å². The predicted octanol–water partition coefficient (Wildman–Crippen LogP) is 3.76. The Bertz CT molecular complexity index is 1040. The van der Waals surface area contributed by atoms with Crippen LogP contribution in [0.3, 0.4) is 0 Å². The molecule has 2 heterocycles. The fourth-order valence-electron chi connectivity index (χ4n) is 5.06. The molecular weight excluding hydrogens is 378 g/mol. The third-order valence-corrected chi connectivity index (χ3v) is 6.46. The van der Waals surface area contributed by atoms with E-state index in [1.165, 1.54) is 11.9 Å². The Balaban J connectivity index is 1.39. The molecule has 1 aromatic carbocycles. The topological polar surface area (TPSA) is 88.1 Å². The minimum absolute atomic E-state index is 0.0435. The summed E-state index contributed by atoms with van der Waals surface area (Å²) in [7, 11) is 0. The van der Waals surface area contributed by atoms with Gasteiger partial charge >= 0.3 is 0 Å². The lowest BCUT2D eigenvalue weighted by molar-refractivity contribution is -0.104. The third kappa shape index (κ3) is 3.36. The van der Waals surface area contributed by atoms with Crippen molar-refractivity contribution < 1.29 is 9.47 Å². The smallest absolute Gasteiger partial charge is 0.165 e. The summed E-state index contributed by atoms with van der Waals surface area (Å²) in [6.07, 6.45) is 5.52. The molecule has 30 heavy (non-hydrogen) atoms. The van der Waals surface area contributed by atoms with E-state index < -0.39 is 0 Å². The molecule has 3 aromatic rings. The number of rotatable bonds is 6. The molecule has 2 aromatic heterocycles. The van der Waals surface area contributed by atoms with Crippen LogP contribution in [0.2, 0.25) is 0 Å². The van der Waals surface area contributed by atoms with Gasteiger partial charge in [-0.05, 0) is 45.1 Å². The Kier molecular flexibility index (Phi) is 4.56. The maximum Gasteiger partial charge on any atom is 0.165 e. The van der Waals surface area contributed by atoms with Crippen LogP contribution in [0.4, 0.5) is 5.82 Å². The average Bonchev–Trinajstić information content (AvgIpc) is 3.14. The lowest BCUT2D eigenvalue weighted by atomic mass is 10.0. The molecule has 5 rings (SSSR count). The highest BCUT2D eigenvalue weighted by atomic mass is 16.5. The summed E-state index contributed by atoms with van der Waals surface area (Å²) < 4.78 is 14.9. The Hall–Kier alpha value is -2.51. The largest absolute Gasteiger partial charge is 0.382 e. The van der Waals surface area contributed by atoms with Crippen LogP contribution in [-0.2, 0) is 16.1 Å². The first kappa shape index (κ1) is 19.5. The minimum atomic E-state index is -0.206. The van der Waals surface area contributed by atoms with Crippen LogP contribution in [0.5, 0.6) is 0 Å². The second-order valence-electron chi connectivity index (χ2n) is 9.63. The first-order valence-corrected chi connectivity index (χ1v) is 10.6. The molecule has 0 aliphatic heterocycles. The Morgan fingerprint density at radius 3 is 2.73 bits per heavy atom. The number of ether oxygens (including phenoxy) is 2. The molecule has 7 heteroatoms. The summed E-state index contributed by atoms with van der Waals surface area (Å²) in [5.41, 5.74) is 8.50. The van der Waals surface area contributed by atoms with E-state index in [0.29, 0.717) is 30.5 Å². The van der Waals surface area contributed by atoms with Crippen molar-refractivity contribution in [2.24, 2.45) is 11.3 Å². The predicted molar refractivity (Wildman–Crippen MR) is 115 cm³/mol. The number of anilines is 1. The Morgan fingerprint density at radius 2 is 1.97 bits per heavy atom. The number of nitrogen functional groups attached to an aromatic ring is 1. The van der Waals surface area contributed by atoms with Gasteiger partial charge in [-0.2, -0.15) is 0 Å². The number of hydrogen-bond donors (Lipinski definition) is 1. The van der Waals surface area contributed by atoms with Crippen LogP contribution in [0.15, 0.2) is 43.0 Å². The second kappa shape index (κ2) is 7.03. The second-order valence-corrected chi connectivity index (χ2v) is 9.63. The van der Waals surface area contributed by atoms with E-state index in [9.17, 15) is 0 Å². The lowest BCUT2D eigenvalue weighted by Gasteiger charge is -2.31. The van der Waals surface area contributed by atoms with E-state index in [1.807, 2.05) is 24.5 Å². The monoisotopic (exact) mass is 407 g/mol. The number of hydrogen-bond acceptors (Lipinski definition) is 6. The zero-order valence-electron chi connectivity index (χ0n) is 17.8. The number of imidazole rings is 1. The van der Waals surface area contributed by atoms with Crippen LogP contribution in [0, 0.1) is 11.3 Å². The molecule has 4 atom stereocenters. The molecule has 0 saturated heterocycles. The first-order valence-electron chi connectivity index (χ1n) is 10.6. The molecule has 0 spiro atoms. The highest BCUT2D eigenvalue weighted by Gasteiger charge is 2.69. The van der Waals surface area contributed by atoms with Gasteiger partial charge in [-0.3, -0.25) is 0 Å². The van der Waals surface area contributed by atoms with Crippen molar-refractivity contribution in [2.75, 3.05) is 12.3 Å². The Labute approximate surface area is 176 Å². The number of fused-ring (bicyclic) bond motifs is 2. The van der Waals surface area contributed by atoms with Gasteiger partial charge in [0.25, 0.3) is 0 Å². The molecule has 0 bridgehead atoms. The van der Waals surface area contributed by atoms with Crippen molar-refractivity contribution in [1.82, 2.24) is 19.5 Å². The summed E-state index contributed by atoms with van der Waals surface area (Å²) in [5.74, 6) is 0.904. The third-order valence-electron chi connectivity index (χ3n) is 6.46. The van der Waals surface area contributed by atoms with Gasteiger partial charge in [0.1, 0.15) is 11.8 Å². The van der Waals surface area contributed by atoms with E-state index in [4.69, 9.17) is 15.2 Å². The van der Waals surface area contributed by atoms with Gasteiger partial charge < -0.3 is 19.8 Å². The molecule has 2 N–H and O–H groups in total. The highest BCUT2D eigenvalue weighted by molar-refractivity contribution is 5.81. The summed E-state index contributed by atoms with van der Waals surface area (Å²) in [6.45, 7) is 7.69. The van der Waals surface area contributed by atoms with Gasteiger partial charge in [-0.25, -0.2) is 15.0 Å². The van der Waals surface area contributed by atoms with Crippen molar-refractivity contribution in [3.8, 4) is 0 Å². The maximum atomic E-state index is 6.55. The molecular formula is C23H29N5O2. The van der Waals surface area contributed by atoms with Crippen molar-refractivity contribution in [3.05, 3.63) is 48.5 Å². The zero-order valence-corrected chi connectivity index (χ0v) is 17.8. The molecule has 2 saturated carbocycles. The van der Waals surface area contributed by atoms with Crippen LogP contribution < -0.4 is 5.73 Å². The van der Waals surface area contributed by atoms with E-state index in [2.05, 4.69) is 52.4 Å². The Morgan fingerprint density at radius 1 is 1.17 bits per heavy atom. The summed E-state index contributed by atoms with van der Waals surface area (Å²) in [5, 5.41) is 0. The molecule has 0 radical (unpaired) electrons. The van der Waals surface area contributed by atoms with Crippen molar-refractivity contribution >= 4 is 17.0 Å². The van der Waals surface area contributed by atoms with Gasteiger partial charge in [-0.1, -0.05) is 30.3 Å². The van der Waals surface area contributed by atoms with Crippen LogP contribution in [-0.4, -0.2) is 37.8 Å². The number of aromatic nitrogens is 4. The normalized spacial score (nSPS) is 28.0. The fourth-order valence-corrected chi connectivity index (χ4v) is 5.06. The van der Waals surface area contributed by atoms with E-state index in [0.717, 1.165) is 18.5 Å². The molecule has 2 fully saturated rings. The fraction of sp³-hybridized carbons (Fsp3) is 0.522. The molecule has 2 aliphatic carbocycles. The van der Waals surface area contributed by atoms with E-state index >= 15 is 0 Å². The molecule has 158 valence electrons. The zero-order chi connectivity index (χ0) is 20.9. The standard InChI is InChI=1S/C23H29N5O2/c1-22(2,3)30-18-9-17(28-14-27-19-20(24)25-13-26-21(19)28)16-10-23(16,18)12-29-11-15-7-5-4-6-8-15/h4-8,13-14,16-18H,9-12H2,1-3H3,(H2,24,25,26)/t16?,17-,18-,23?/m0/s1. The minimum Gasteiger partial charge on any atom is -0.382 e. The summed E-state index contributed by atoms with van der Waals surface area (Å²) in [6, 6.07) is 10.6. The van der Waals surface area contributed by atoms with Crippen molar-refractivity contribution in [1.29, 1.82) is 0 Å². The summed E-state index contributed by atoms with van der Waals surface area (Å²) in [4.78, 5) is 13.0. The molecule has 7 nitrogen and oxygen atoms in total. The summed E-state index contributed by atoms with van der Waals surface area (Å²) >= 11 is 0. The molecule has 0 amide bonds. The quantitative estimate of drug-likeness (QED) is 0.669. The van der Waals surface area contributed by atoms with Gasteiger partial charge in [0, 0.05) is 11.5 Å². The first-order chi connectivity index (χ1) is 14.4. The average molecular weight is 408 g/mol. The van der Waals surface area contributed by atoms with E-state index in [1.54, 1.807) is 0 Å². The number of nitrogens with two attached hydrogens (primary N) is 1. The molecule has 2 unspecified atom stereocenters.